The molecule has 0 aromatic carbocycles. The van der Waals surface area contributed by atoms with Gasteiger partial charge in [-0.2, -0.15) is 5.10 Å². The molecular weight excluding hydrogens is 318 g/mol. The molecule has 7 heteroatoms. The highest BCUT2D eigenvalue weighted by Crippen LogP contribution is 2.27. The van der Waals surface area contributed by atoms with Crippen molar-refractivity contribution in [2.45, 2.75) is 65.0 Å². The van der Waals surface area contributed by atoms with Gasteiger partial charge in [0.15, 0.2) is 0 Å². The second kappa shape index (κ2) is 7.56. The molecule has 2 aromatic heterocycles. The summed E-state index contributed by atoms with van der Waals surface area (Å²) in [6, 6.07) is 0.435. The van der Waals surface area contributed by atoms with E-state index in [1.807, 2.05) is 14.0 Å². The third kappa shape index (κ3) is 3.71. The lowest BCUT2D eigenvalue weighted by atomic mass is 9.82. The van der Waals surface area contributed by atoms with Gasteiger partial charge in [-0.1, -0.05) is 24.9 Å². The fourth-order valence-electron chi connectivity index (χ4n) is 3.92. The van der Waals surface area contributed by atoms with Crippen molar-refractivity contribution in [2.75, 3.05) is 0 Å². The summed E-state index contributed by atoms with van der Waals surface area (Å²) < 4.78 is 8.44. The molecule has 1 N–H and O–H groups in total. The first-order chi connectivity index (χ1) is 12.0. The van der Waals surface area contributed by atoms with Gasteiger partial charge in [-0.3, -0.25) is 4.57 Å². The molecule has 1 aliphatic carbocycles. The van der Waals surface area contributed by atoms with Crippen LogP contribution in [0.5, 0.6) is 0 Å². The van der Waals surface area contributed by atoms with Crippen LogP contribution in [-0.2, 0) is 33.5 Å². The van der Waals surface area contributed by atoms with Crippen molar-refractivity contribution in [1.29, 1.82) is 0 Å². The smallest absolute Gasteiger partial charge is 0.345 e. The van der Waals surface area contributed by atoms with Crippen LogP contribution in [0.1, 0.15) is 55.4 Å². The number of aromatic nitrogens is 4. The van der Waals surface area contributed by atoms with E-state index in [0.717, 1.165) is 43.1 Å². The van der Waals surface area contributed by atoms with E-state index >= 15 is 0 Å². The molecule has 1 aliphatic rings. The van der Waals surface area contributed by atoms with E-state index in [1.54, 1.807) is 11.6 Å². The van der Waals surface area contributed by atoms with Crippen molar-refractivity contribution < 1.29 is 4.52 Å². The maximum Gasteiger partial charge on any atom is 0.345 e. The third-order valence-electron chi connectivity index (χ3n) is 5.51. The van der Waals surface area contributed by atoms with Crippen molar-refractivity contribution in [3.05, 3.63) is 33.3 Å². The summed E-state index contributed by atoms with van der Waals surface area (Å²) in [7, 11) is 3.52. The van der Waals surface area contributed by atoms with E-state index in [-0.39, 0.29) is 5.69 Å². The van der Waals surface area contributed by atoms with Crippen molar-refractivity contribution in [3.8, 4) is 0 Å². The minimum absolute atomic E-state index is 0.0528. The van der Waals surface area contributed by atoms with Crippen LogP contribution in [0.25, 0.3) is 0 Å². The molecule has 1 saturated carbocycles. The molecule has 2 heterocycles. The van der Waals surface area contributed by atoms with Crippen LogP contribution in [0.3, 0.4) is 0 Å². The molecule has 0 amide bonds. The molecule has 0 aliphatic heterocycles. The van der Waals surface area contributed by atoms with Gasteiger partial charge < -0.3 is 9.84 Å². The maximum absolute atomic E-state index is 11.9. The van der Waals surface area contributed by atoms with E-state index in [4.69, 9.17) is 4.52 Å². The average molecular weight is 347 g/mol. The van der Waals surface area contributed by atoms with Crippen LogP contribution in [0.2, 0.25) is 0 Å². The van der Waals surface area contributed by atoms with Crippen LogP contribution in [0.15, 0.2) is 9.32 Å². The normalized spacial score (nSPS) is 21.0. The van der Waals surface area contributed by atoms with Crippen molar-refractivity contribution in [3.63, 3.8) is 0 Å². The minimum atomic E-state index is -0.0528. The lowest BCUT2D eigenvalue weighted by Crippen LogP contribution is -2.39. The van der Waals surface area contributed by atoms with Gasteiger partial charge in [0.05, 0.1) is 5.69 Å². The van der Waals surface area contributed by atoms with Crippen LogP contribution >= 0.6 is 0 Å². The van der Waals surface area contributed by atoms with Gasteiger partial charge in [0, 0.05) is 38.7 Å². The molecule has 0 bridgehead atoms. The zero-order valence-corrected chi connectivity index (χ0v) is 15.7. The average Bonchev–Trinajstić information content (AvgIpc) is 3.09. The molecule has 0 saturated heterocycles. The van der Waals surface area contributed by atoms with Gasteiger partial charge in [0.25, 0.3) is 0 Å². The van der Waals surface area contributed by atoms with Crippen molar-refractivity contribution in [2.24, 2.45) is 20.0 Å². The van der Waals surface area contributed by atoms with Gasteiger partial charge in [-0.25, -0.2) is 9.48 Å². The zero-order chi connectivity index (χ0) is 18.0. The van der Waals surface area contributed by atoms with E-state index in [0.29, 0.717) is 12.0 Å². The summed E-state index contributed by atoms with van der Waals surface area (Å²) in [6.07, 6.45) is 6.56. The number of aryl methyl sites for hydroxylation is 3. The van der Waals surface area contributed by atoms with Gasteiger partial charge in [-0.05, 0) is 32.1 Å². The minimum Gasteiger partial charge on any atom is -0.361 e. The topological polar surface area (TPSA) is 77.9 Å². The highest BCUT2D eigenvalue weighted by Gasteiger charge is 2.27. The highest BCUT2D eigenvalue weighted by atomic mass is 16.5. The van der Waals surface area contributed by atoms with Gasteiger partial charge >= 0.3 is 5.69 Å². The van der Waals surface area contributed by atoms with Crippen LogP contribution < -0.4 is 11.0 Å². The monoisotopic (exact) mass is 347 g/mol. The second-order valence-electron chi connectivity index (χ2n) is 7.14. The van der Waals surface area contributed by atoms with Crippen LogP contribution in [0, 0.1) is 12.8 Å². The van der Waals surface area contributed by atoms with Gasteiger partial charge in [0.2, 0.25) is 0 Å². The first-order valence-corrected chi connectivity index (χ1v) is 9.27. The molecule has 2 atom stereocenters. The Bertz CT molecular complexity index is 773. The molecule has 2 aromatic rings. The summed E-state index contributed by atoms with van der Waals surface area (Å²) in [6.45, 7) is 4.87. The van der Waals surface area contributed by atoms with E-state index in [9.17, 15) is 4.79 Å². The van der Waals surface area contributed by atoms with Crippen LogP contribution in [-0.4, -0.2) is 25.5 Å². The Labute approximate surface area is 148 Å². The SMILES string of the molecule is CCc1noc(C)c1CN[C@@H]1CCCC[C@@H]1Cc1nn(C)c(=O)n1C. The molecule has 25 heavy (non-hydrogen) atoms. The number of nitrogens with one attached hydrogen (secondary N) is 1. The molecule has 0 radical (unpaired) electrons. The second-order valence-corrected chi connectivity index (χ2v) is 7.14. The molecule has 138 valence electrons. The fraction of sp³-hybridized carbons (Fsp3) is 0.722. The Morgan fingerprint density at radius 1 is 1.28 bits per heavy atom. The summed E-state index contributed by atoms with van der Waals surface area (Å²) in [5.41, 5.74) is 2.18. The first-order valence-electron chi connectivity index (χ1n) is 9.27. The maximum atomic E-state index is 11.9. The lowest BCUT2D eigenvalue weighted by Gasteiger charge is -2.32. The van der Waals surface area contributed by atoms with Gasteiger partial charge in [0.1, 0.15) is 11.6 Å². The Morgan fingerprint density at radius 2 is 2.04 bits per heavy atom. The summed E-state index contributed by atoms with van der Waals surface area (Å²) in [5.74, 6) is 2.28. The van der Waals surface area contributed by atoms with E-state index in [2.05, 4.69) is 22.5 Å². The summed E-state index contributed by atoms with van der Waals surface area (Å²) in [4.78, 5) is 11.9. The molecule has 3 rings (SSSR count). The predicted molar refractivity (Wildman–Crippen MR) is 95.4 cm³/mol. The highest BCUT2D eigenvalue weighted by molar-refractivity contribution is 5.22. The summed E-state index contributed by atoms with van der Waals surface area (Å²) in [5, 5.41) is 12.3. The number of rotatable bonds is 6. The standard InChI is InChI=1S/C18H29N5O2/c1-5-15-14(12(2)25-21-15)11-19-16-9-7-6-8-13(16)10-17-20-23(4)18(24)22(17)3/h13,16,19H,5-11H2,1-4H3/t13-,16-/m1/s1. The predicted octanol–water partition coefficient (Wildman–Crippen LogP) is 1.87. The lowest BCUT2D eigenvalue weighted by molar-refractivity contribution is 0.254. The Morgan fingerprint density at radius 3 is 2.72 bits per heavy atom. The summed E-state index contributed by atoms with van der Waals surface area (Å²) >= 11 is 0. The van der Waals surface area contributed by atoms with E-state index in [1.165, 1.54) is 29.5 Å². The number of hydrogen-bond donors (Lipinski definition) is 1. The largest absolute Gasteiger partial charge is 0.361 e. The van der Waals surface area contributed by atoms with Crippen molar-refractivity contribution >= 4 is 0 Å². The van der Waals surface area contributed by atoms with Crippen molar-refractivity contribution in [1.82, 2.24) is 24.8 Å². The zero-order valence-electron chi connectivity index (χ0n) is 15.7. The van der Waals surface area contributed by atoms with E-state index < -0.39 is 0 Å². The Balaban J connectivity index is 1.69. The molecular formula is C18H29N5O2. The van der Waals surface area contributed by atoms with Crippen LogP contribution in [0.4, 0.5) is 0 Å². The third-order valence-corrected chi connectivity index (χ3v) is 5.51. The number of nitrogens with zero attached hydrogens (tertiary/aromatic N) is 4. The molecule has 0 spiro atoms. The molecule has 1 fully saturated rings. The Kier molecular flexibility index (Phi) is 5.42. The fourth-order valence-corrected chi connectivity index (χ4v) is 3.92. The molecule has 7 nitrogen and oxygen atoms in total. The quantitative estimate of drug-likeness (QED) is 0.863. The Hall–Kier alpha value is -1.89. The number of hydrogen-bond acceptors (Lipinski definition) is 5. The first kappa shape index (κ1) is 17.9. The molecule has 0 unspecified atom stereocenters. The van der Waals surface area contributed by atoms with Gasteiger partial charge in [-0.15, -0.1) is 0 Å².